The van der Waals surface area contributed by atoms with Gasteiger partial charge in [-0.1, -0.05) is 32.4 Å². The summed E-state index contributed by atoms with van der Waals surface area (Å²) < 4.78 is 0. The highest BCUT2D eigenvalue weighted by Crippen LogP contribution is 2.22. The van der Waals surface area contributed by atoms with Gasteiger partial charge in [-0.3, -0.25) is 0 Å². The Morgan fingerprint density at radius 1 is 1.53 bits per heavy atom. The molecule has 84 valence electrons. The number of thioether (sulfide) groups is 1. The first-order chi connectivity index (χ1) is 7.15. The smallest absolute Gasteiger partial charge is 0.355 e. The van der Waals surface area contributed by atoms with Crippen molar-refractivity contribution >= 4 is 29.3 Å². The summed E-state index contributed by atoms with van der Waals surface area (Å²) in [5.74, 6) is -0.234. The molecule has 0 bridgehead atoms. The maximum Gasteiger partial charge on any atom is 0.355 e. The van der Waals surface area contributed by atoms with Gasteiger partial charge in [-0.05, 0) is 17.9 Å². The zero-order valence-electron chi connectivity index (χ0n) is 8.95. The van der Waals surface area contributed by atoms with E-state index in [0.717, 1.165) is 5.75 Å². The topological polar surface area (TPSA) is 50.2 Å². The van der Waals surface area contributed by atoms with Crippen LogP contribution in [0.5, 0.6) is 0 Å². The van der Waals surface area contributed by atoms with Crippen LogP contribution in [0.4, 0.5) is 0 Å². The Morgan fingerprint density at radius 3 is 2.60 bits per heavy atom. The van der Waals surface area contributed by atoms with Gasteiger partial charge in [0.25, 0.3) is 0 Å². The standard InChI is InChI=1S/C8H8ClNO2S.C2H6/c1-2-13-5-3-4-6(9)10-7(5)8(11)12;1-2/h3-4H,2H2,1H3,(H,11,12);1-2H3. The molecule has 3 nitrogen and oxygen atoms in total. The lowest BCUT2D eigenvalue weighted by molar-refractivity contribution is 0.0686. The van der Waals surface area contributed by atoms with Crippen molar-refractivity contribution in [2.24, 2.45) is 0 Å². The first kappa shape index (κ1) is 14.3. The second kappa shape index (κ2) is 7.54. The number of carbonyl (C=O) groups is 1. The summed E-state index contributed by atoms with van der Waals surface area (Å²) in [6.45, 7) is 5.95. The number of halogens is 1. The number of carboxylic acids is 1. The summed E-state index contributed by atoms with van der Waals surface area (Å²) in [7, 11) is 0. The van der Waals surface area contributed by atoms with Gasteiger partial charge >= 0.3 is 5.97 Å². The molecule has 1 N–H and O–H groups in total. The van der Waals surface area contributed by atoms with Crippen LogP contribution < -0.4 is 0 Å². The molecule has 0 saturated carbocycles. The molecule has 5 heteroatoms. The predicted octanol–water partition coefficient (Wildman–Crippen LogP) is 3.57. The van der Waals surface area contributed by atoms with Gasteiger partial charge in [0.2, 0.25) is 0 Å². The Labute approximate surface area is 98.9 Å². The van der Waals surface area contributed by atoms with Crippen LogP contribution in [0.3, 0.4) is 0 Å². The van der Waals surface area contributed by atoms with Crippen molar-refractivity contribution in [1.29, 1.82) is 0 Å². The third-order valence-electron chi connectivity index (χ3n) is 1.33. The zero-order valence-corrected chi connectivity index (χ0v) is 10.5. The van der Waals surface area contributed by atoms with Crippen molar-refractivity contribution in [3.8, 4) is 0 Å². The lowest BCUT2D eigenvalue weighted by Gasteiger charge is -2.02. The van der Waals surface area contributed by atoms with Gasteiger partial charge in [0.15, 0.2) is 5.69 Å². The highest BCUT2D eigenvalue weighted by Gasteiger charge is 2.11. The van der Waals surface area contributed by atoms with Crippen molar-refractivity contribution in [2.75, 3.05) is 5.75 Å². The zero-order chi connectivity index (χ0) is 11.8. The molecule has 15 heavy (non-hydrogen) atoms. The van der Waals surface area contributed by atoms with Crippen LogP contribution in [0.1, 0.15) is 31.3 Å². The number of rotatable bonds is 3. The summed E-state index contributed by atoms with van der Waals surface area (Å²) in [5.41, 5.74) is 0.0272. The Hall–Kier alpha value is -0.740. The van der Waals surface area contributed by atoms with Gasteiger partial charge < -0.3 is 5.11 Å². The van der Waals surface area contributed by atoms with Crippen LogP contribution in [-0.4, -0.2) is 21.8 Å². The monoisotopic (exact) mass is 247 g/mol. The fraction of sp³-hybridized carbons (Fsp3) is 0.400. The highest BCUT2D eigenvalue weighted by atomic mass is 35.5. The molecule has 1 rings (SSSR count). The number of nitrogens with zero attached hydrogens (tertiary/aromatic N) is 1. The van der Waals surface area contributed by atoms with Crippen LogP contribution in [-0.2, 0) is 0 Å². The van der Waals surface area contributed by atoms with Crippen molar-refractivity contribution in [3.05, 3.63) is 23.0 Å². The Balaban J connectivity index is 0.000000921. The molecular formula is C10H14ClNO2S. The molecule has 0 aliphatic heterocycles. The van der Waals surface area contributed by atoms with E-state index in [0.29, 0.717) is 4.90 Å². The molecule has 1 aromatic heterocycles. The van der Waals surface area contributed by atoms with Crippen molar-refractivity contribution in [2.45, 2.75) is 25.7 Å². The third-order valence-corrected chi connectivity index (χ3v) is 2.47. The fourth-order valence-corrected chi connectivity index (χ4v) is 1.74. The van der Waals surface area contributed by atoms with E-state index in [1.807, 2.05) is 20.8 Å². The molecule has 0 atom stereocenters. The maximum absolute atomic E-state index is 10.7. The van der Waals surface area contributed by atoms with E-state index in [-0.39, 0.29) is 10.8 Å². The summed E-state index contributed by atoms with van der Waals surface area (Å²) in [6, 6.07) is 3.26. The average Bonchev–Trinajstić information content (AvgIpc) is 2.24. The van der Waals surface area contributed by atoms with Gasteiger partial charge in [-0.15, -0.1) is 11.8 Å². The van der Waals surface area contributed by atoms with Gasteiger partial charge in [0.1, 0.15) is 5.15 Å². The molecule has 0 unspecified atom stereocenters. The van der Waals surface area contributed by atoms with E-state index in [9.17, 15) is 4.79 Å². The van der Waals surface area contributed by atoms with E-state index in [4.69, 9.17) is 16.7 Å². The van der Waals surface area contributed by atoms with Crippen LogP contribution in [0.2, 0.25) is 5.15 Å². The number of aromatic nitrogens is 1. The highest BCUT2D eigenvalue weighted by molar-refractivity contribution is 7.99. The van der Waals surface area contributed by atoms with Gasteiger partial charge in [0, 0.05) is 4.90 Å². The number of aromatic carboxylic acids is 1. The molecule has 1 heterocycles. The Bertz CT molecular complexity index is 331. The minimum absolute atomic E-state index is 0.0272. The molecule has 0 aliphatic rings. The molecular weight excluding hydrogens is 234 g/mol. The molecule has 0 aliphatic carbocycles. The van der Waals surface area contributed by atoms with Crippen LogP contribution >= 0.6 is 23.4 Å². The second-order valence-corrected chi connectivity index (χ2v) is 3.91. The lowest BCUT2D eigenvalue weighted by Crippen LogP contribution is -2.02. The van der Waals surface area contributed by atoms with E-state index in [1.54, 1.807) is 12.1 Å². The normalized spacial score (nSPS) is 9.07. The van der Waals surface area contributed by atoms with Crippen molar-refractivity contribution in [3.63, 3.8) is 0 Å². The molecule has 0 aromatic carbocycles. The quantitative estimate of drug-likeness (QED) is 0.655. The van der Waals surface area contributed by atoms with Crippen molar-refractivity contribution in [1.82, 2.24) is 4.98 Å². The average molecular weight is 248 g/mol. The summed E-state index contributed by atoms with van der Waals surface area (Å²) in [6.07, 6.45) is 0. The molecule has 0 spiro atoms. The molecule has 1 aromatic rings. The second-order valence-electron chi connectivity index (χ2n) is 2.22. The van der Waals surface area contributed by atoms with Crippen molar-refractivity contribution < 1.29 is 9.90 Å². The summed E-state index contributed by atoms with van der Waals surface area (Å²) >= 11 is 7.01. The van der Waals surface area contributed by atoms with Crippen LogP contribution in [0.25, 0.3) is 0 Å². The van der Waals surface area contributed by atoms with E-state index >= 15 is 0 Å². The van der Waals surface area contributed by atoms with Gasteiger partial charge in [-0.25, -0.2) is 9.78 Å². The number of pyridine rings is 1. The molecule has 0 saturated heterocycles. The lowest BCUT2D eigenvalue weighted by atomic mass is 10.3. The predicted molar refractivity (Wildman–Crippen MR) is 64.0 cm³/mol. The van der Waals surface area contributed by atoms with Gasteiger partial charge in [0.05, 0.1) is 0 Å². The maximum atomic E-state index is 10.7. The molecule has 0 amide bonds. The van der Waals surface area contributed by atoms with E-state index < -0.39 is 5.97 Å². The SMILES string of the molecule is CC.CCSc1ccc(Cl)nc1C(=O)O. The first-order valence-electron chi connectivity index (χ1n) is 4.67. The number of carboxylic acid groups (broad SMARTS) is 1. The number of hydrogen-bond donors (Lipinski definition) is 1. The van der Waals surface area contributed by atoms with Gasteiger partial charge in [-0.2, -0.15) is 0 Å². The van der Waals surface area contributed by atoms with Crippen LogP contribution in [0, 0.1) is 0 Å². The van der Waals surface area contributed by atoms with E-state index in [1.165, 1.54) is 11.8 Å². The first-order valence-corrected chi connectivity index (χ1v) is 6.04. The summed E-state index contributed by atoms with van der Waals surface area (Å²) in [4.78, 5) is 15.1. The minimum atomic E-state index is -1.04. The summed E-state index contributed by atoms with van der Waals surface area (Å²) in [5, 5.41) is 8.99. The van der Waals surface area contributed by atoms with Crippen LogP contribution in [0.15, 0.2) is 17.0 Å². The Kier molecular flexibility index (Phi) is 7.17. The molecule has 0 radical (unpaired) electrons. The fourth-order valence-electron chi connectivity index (χ4n) is 0.848. The minimum Gasteiger partial charge on any atom is -0.476 e. The molecule has 0 fully saturated rings. The largest absolute Gasteiger partial charge is 0.476 e. The Morgan fingerprint density at radius 2 is 2.13 bits per heavy atom. The number of hydrogen-bond acceptors (Lipinski definition) is 3. The third kappa shape index (κ3) is 4.53. The van der Waals surface area contributed by atoms with E-state index in [2.05, 4.69) is 4.98 Å².